The van der Waals surface area contributed by atoms with E-state index in [1.807, 2.05) is 65.6 Å². The Balaban J connectivity index is 0.00000213. The van der Waals surface area contributed by atoms with Crippen LogP contribution in [0.1, 0.15) is 61.4 Å². The van der Waals surface area contributed by atoms with Crippen molar-refractivity contribution in [3.8, 4) is 40.5 Å². The van der Waals surface area contributed by atoms with Crippen LogP contribution >= 0.6 is 11.3 Å². The summed E-state index contributed by atoms with van der Waals surface area (Å²) >= 11 is 1.62. The standard InChI is InChI=1S/C37H42N2O5S.C2H2.4H2O/c1-2-3-23-43-32-26-28(14-17-31(32)44-24-21-38-18-6-7-19-38)37-35(30-9-4-5-10-33(30)45-37)36(41)27-12-15-29(16-13-27)42-25-22-39-20-8-11-34(39)40;1-2;;;;/h4-5,9-10,12-17,26H,2-3,6-8,11,18-25H2,1H3;1-2H;4*1H2. The Bertz CT molecular complexity index is 1670. The number of likely N-dealkylation sites (tertiary alicyclic amines) is 2. The largest absolute Gasteiger partial charge is 0.492 e. The summed E-state index contributed by atoms with van der Waals surface area (Å²) in [6.45, 7) is 8.38. The van der Waals surface area contributed by atoms with Crippen LogP contribution in [0.2, 0.25) is 0 Å². The average Bonchev–Trinajstić information content (AvgIpc) is 3.87. The van der Waals surface area contributed by atoms with E-state index in [0.717, 1.165) is 77.5 Å². The van der Waals surface area contributed by atoms with E-state index >= 15 is 0 Å². The van der Waals surface area contributed by atoms with Crippen molar-refractivity contribution in [2.75, 3.05) is 52.5 Å². The summed E-state index contributed by atoms with van der Waals surface area (Å²) in [6, 6.07) is 21.5. The number of carbonyl (C=O) groups is 2. The molecule has 0 saturated carbocycles. The maximum absolute atomic E-state index is 14.1. The molecule has 2 aliphatic heterocycles. The minimum Gasteiger partial charge on any atom is -0.492 e. The van der Waals surface area contributed by atoms with Crippen LogP contribution in [0.4, 0.5) is 0 Å². The summed E-state index contributed by atoms with van der Waals surface area (Å²) < 4.78 is 19.4. The van der Waals surface area contributed by atoms with Gasteiger partial charge >= 0.3 is 0 Å². The van der Waals surface area contributed by atoms with E-state index in [4.69, 9.17) is 14.2 Å². The molecule has 0 aliphatic carbocycles. The second kappa shape index (κ2) is 22.4. The van der Waals surface area contributed by atoms with Crippen LogP contribution in [0.5, 0.6) is 17.2 Å². The fourth-order valence-corrected chi connectivity index (χ4v) is 7.23. The zero-order valence-electron chi connectivity index (χ0n) is 29.2. The lowest BCUT2D eigenvalue weighted by molar-refractivity contribution is -0.128. The molecule has 3 aromatic carbocycles. The van der Waals surface area contributed by atoms with Gasteiger partial charge in [0.1, 0.15) is 19.0 Å². The van der Waals surface area contributed by atoms with Crippen molar-refractivity contribution in [2.24, 2.45) is 0 Å². The molecular weight excluding hydrogens is 673 g/mol. The van der Waals surface area contributed by atoms with E-state index in [-0.39, 0.29) is 33.6 Å². The van der Waals surface area contributed by atoms with Crippen molar-refractivity contribution in [1.29, 1.82) is 0 Å². The number of hydrogen-bond acceptors (Lipinski definition) is 7. The third kappa shape index (κ3) is 11.3. The van der Waals surface area contributed by atoms with Gasteiger partial charge in [0.25, 0.3) is 0 Å². The highest BCUT2D eigenvalue weighted by molar-refractivity contribution is 7.22. The molecule has 1 amide bonds. The fourth-order valence-electron chi connectivity index (χ4n) is 6.03. The van der Waals surface area contributed by atoms with Crippen LogP contribution in [0.25, 0.3) is 20.5 Å². The molecular formula is C39H52N2O9S. The number of nitrogens with zero attached hydrogens (tertiary/aromatic N) is 2. The van der Waals surface area contributed by atoms with Crippen molar-refractivity contribution in [3.05, 3.63) is 77.9 Å². The smallest absolute Gasteiger partial charge is 0.222 e. The minimum absolute atomic E-state index is 0. The number of unbranched alkanes of at least 4 members (excludes halogenated alkanes) is 1. The summed E-state index contributed by atoms with van der Waals surface area (Å²) in [5.74, 6) is 2.31. The van der Waals surface area contributed by atoms with Gasteiger partial charge in [-0.2, -0.15) is 0 Å². The number of hydrogen-bond donors (Lipinski definition) is 0. The summed E-state index contributed by atoms with van der Waals surface area (Å²) in [6.07, 6.45) is 14.1. The van der Waals surface area contributed by atoms with Crippen molar-refractivity contribution < 1.29 is 45.7 Å². The molecule has 0 atom stereocenters. The zero-order valence-corrected chi connectivity index (χ0v) is 30.1. The van der Waals surface area contributed by atoms with Gasteiger partial charge in [-0.3, -0.25) is 14.5 Å². The van der Waals surface area contributed by atoms with Crippen molar-refractivity contribution >= 4 is 33.1 Å². The van der Waals surface area contributed by atoms with Gasteiger partial charge in [0.05, 0.1) is 13.2 Å². The lowest BCUT2D eigenvalue weighted by Gasteiger charge is -2.17. The molecule has 0 spiro atoms. The van der Waals surface area contributed by atoms with E-state index in [2.05, 4.69) is 30.7 Å². The molecule has 2 fully saturated rings. The second-order valence-corrected chi connectivity index (χ2v) is 12.8. The minimum atomic E-state index is -0.0314. The molecule has 12 heteroatoms. The number of fused-ring (bicyclic) bond motifs is 1. The van der Waals surface area contributed by atoms with Gasteiger partial charge < -0.3 is 41.0 Å². The van der Waals surface area contributed by atoms with Crippen LogP contribution in [-0.2, 0) is 4.79 Å². The molecule has 1 aromatic heterocycles. The fraction of sp³-hybridized carbons (Fsp3) is 0.385. The molecule has 0 radical (unpaired) electrons. The molecule has 4 aromatic rings. The molecule has 2 saturated heterocycles. The van der Waals surface area contributed by atoms with Crippen LogP contribution in [-0.4, -0.2) is 95.9 Å². The van der Waals surface area contributed by atoms with Crippen LogP contribution in [0.15, 0.2) is 66.7 Å². The van der Waals surface area contributed by atoms with Crippen molar-refractivity contribution in [1.82, 2.24) is 9.80 Å². The summed E-state index contributed by atoms with van der Waals surface area (Å²) in [7, 11) is 0. The number of rotatable bonds is 15. The van der Waals surface area contributed by atoms with Gasteiger partial charge in [-0.05, 0) is 92.9 Å². The van der Waals surface area contributed by atoms with Gasteiger partial charge in [0.15, 0.2) is 17.3 Å². The number of benzene rings is 3. The molecule has 0 unspecified atom stereocenters. The van der Waals surface area contributed by atoms with Gasteiger partial charge in [-0.1, -0.05) is 31.5 Å². The Morgan fingerprint density at radius 3 is 2.16 bits per heavy atom. The highest BCUT2D eigenvalue weighted by atomic mass is 32.1. The van der Waals surface area contributed by atoms with Gasteiger partial charge in [-0.25, -0.2) is 0 Å². The number of carbonyl (C=O) groups excluding carboxylic acids is 2. The highest BCUT2D eigenvalue weighted by Gasteiger charge is 2.23. The monoisotopic (exact) mass is 724 g/mol. The van der Waals surface area contributed by atoms with Crippen LogP contribution in [0, 0.1) is 12.8 Å². The highest BCUT2D eigenvalue weighted by Crippen LogP contribution is 2.42. The maximum Gasteiger partial charge on any atom is 0.222 e. The van der Waals surface area contributed by atoms with E-state index in [1.165, 1.54) is 12.8 Å². The lowest BCUT2D eigenvalue weighted by Crippen LogP contribution is -2.29. The molecule has 2 aliphatic rings. The molecule has 11 nitrogen and oxygen atoms in total. The maximum atomic E-state index is 14.1. The van der Waals surface area contributed by atoms with Crippen LogP contribution < -0.4 is 14.2 Å². The SMILES string of the molecule is C#C.CCCCOc1cc(-c2sc3ccccc3c2C(=O)c2ccc(OCCN3CCCC3=O)cc2)ccc1OCCN1CCCC1.O.O.O.O. The van der Waals surface area contributed by atoms with E-state index in [1.54, 1.807) is 11.3 Å². The first kappa shape index (κ1) is 44.5. The van der Waals surface area contributed by atoms with E-state index in [9.17, 15) is 9.59 Å². The third-order valence-corrected chi connectivity index (χ3v) is 9.79. The van der Waals surface area contributed by atoms with Gasteiger partial charge in [-0.15, -0.1) is 24.2 Å². The Hall–Kier alpha value is -4.48. The second-order valence-electron chi connectivity index (χ2n) is 11.7. The number of thiophene rings is 1. The summed E-state index contributed by atoms with van der Waals surface area (Å²) in [4.78, 5) is 31.2. The predicted octanol–water partition coefficient (Wildman–Crippen LogP) is 4.40. The Kier molecular flexibility index (Phi) is 19.5. The van der Waals surface area contributed by atoms with Gasteiger partial charge in [0, 0.05) is 45.6 Å². The number of ketones is 1. The quantitative estimate of drug-likeness (QED) is 0.0990. The lowest BCUT2D eigenvalue weighted by atomic mass is 9.97. The number of ether oxygens (including phenoxy) is 3. The topological polar surface area (TPSA) is 194 Å². The molecule has 8 N–H and O–H groups in total. The number of amides is 1. The molecule has 278 valence electrons. The van der Waals surface area contributed by atoms with Crippen LogP contribution in [0.3, 0.4) is 0 Å². The first-order valence-electron chi connectivity index (χ1n) is 16.6. The number of terminal acetylenes is 1. The third-order valence-electron chi connectivity index (χ3n) is 8.57. The molecule has 3 heterocycles. The molecule has 6 rings (SSSR count). The van der Waals surface area contributed by atoms with Crippen molar-refractivity contribution in [3.63, 3.8) is 0 Å². The molecule has 0 bridgehead atoms. The first-order valence-corrected chi connectivity index (χ1v) is 17.4. The predicted molar refractivity (Wildman–Crippen MR) is 204 cm³/mol. The summed E-state index contributed by atoms with van der Waals surface area (Å²) in [5.41, 5.74) is 2.23. The Labute approximate surface area is 304 Å². The average molecular weight is 725 g/mol. The van der Waals surface area contributed by atoms with Gasteiger partial charge in [0.2, 0.25) is 5.91 Å². The Morgan fingerprint density at radius 1 is 0.784 bits per heavy atom. The first-order chi connectivity index (χ1) is 23.1. The molecule has 51 heavy (non-hydrogen) atoms. The Morgan fingerprint density at radius 2 is 1.47 bits per heavy atom. The normalized spacial score (nSPS) is 13.5. The zero-order chi connectivity index (χ0) is 33.0. The van der Waals surface area contributed by atoms with E-state index < -0.39 is 0 Å². The van der Waals surface area contributed by atoms with E-state index in [0.29, 0.717) is 49.7 Å². The summed E-state index contributed by atoms with van der Waals surface area (Å²) in [5, 5.41) is 0.942. The van der Waals surface area contributed by atoms with Crippen molar-refractivity contribution in [2.45, 2.75) is 45.4 Å².